The summed E-state index contributed by atoms with van der Waals surface area (Å²) in [7, 11) is 2.94. The van der Waals surface area contributed by atoms with Gasteiger partial charge in [-0.1, -0.05) is 43.1 Å². The number of sulfonamides is 1. The highest BCUT2D eigenvalue weighted by Gasteiger charge is 2.35. The maximum absolute atomic E-state index is 15.7. The summed E-state index contributed by atoms with van der Waals surface area (Å²) >= 11 is 12.8. The molecule has 0 amide bonds. The van der Waals surface area contributed by atoms with Gasteiger partial charge in [0.2, 0.25) is 10.0 Å². The Kier molecular flexibility index (Phi) is 12.1. The van der Waals surface area contributed by atoms with Crippen LogP contribution in [0.3, 0.4) is 0 Å². The molecule has 0 aliphatic heterocycles. The minimum atomic E-state index is -4.42. The Morgan fingerprint density at radius 3 is 2.28 bits per heavy atom. The Morgan fingerprint density at radius 2 is 1.70 bits per heavy atom. The number of H-pyrrole nitrogens is 1. The number of aromatic nitrogens is 2. The number of rotatable bonds is 15. The first-order chi connectivity index (χ1) is 23.3. The van der Waals surface area contributed by atoms with Gasteiger partial charge in [-0.3, -0.25) is 4.79 Å². The number of carboxylic acids is 1. The van der Waals surface area contributed by atoms with Gasteiger partial charge >= 0.3 is 5.97 Å². The number of methoxy groups -OCH3 is 1. The van der Waals surface area contributed by atoms with Crippen LogP contribution in [0.15, 0.2) is 59.5 Å². The summed E-state index contributed by atoms with van der Waals surface area (Å²) in [5, 5.41) is 10.0. The minimum Gasteiger partial charge on any atom is -0.495 e. The Labute approximate surface area is 302 Å². The topological polar surface area (TPSA) is 113 Å². The summed E-state index contributed by atoms with van der Waals surface area (Å²) in [6, 6.07) is 12.1. The summed E-state index contributed by atoms with van der Waals surface area (Å²) in [6.07, 6.45) is 0.654. The molecule has 270 valence electrons. The van der Waals surface area contributed by atoms with Gasteiger partial charge in [-0.15, -0.1) is 0 Å². The van der Waals surface area contributed by atoms with Crippen LogP contribution in [0.5, 0.6) is 5.75 Å². The highest BCUT2D eigenvalue weighted by atomic mass is 35.5. The van der Waals surface area contributed by atoms with Crippen molar-refractivity contribution in [3.05, 3.63) is 98.9 Å². The molecule has 0 aliphatic carbocycles. The standard InChI is InChI=1S/C36H42Cl2F2N4O5S/c1-22(35(45)46)43(17-8-18-44(4,5)6)50(47,48)26-20-29(38)27(30(40)21-26)14-16-32-41-33(23-9-12-25(39)13-10-23)34(42-32)36(2,3)24-11-15-28(37)31(19-24)49-7/h9-13,15,19-22H,8,14,16-18H2,1-7H3,(H-,41,42,45,46)/p+1/t22-/m1/s1. The number of benzene rings is 3. The number of quaternary nitrogens is 1. The Balaban J connectivity index is 1.67. The third-order valence-electron chi connectivity index (χ3n) is 8.70. The van der Waals surface area contributed by atoms with Crippen LogP contribution in [-0.4, -0.2) is 85.6 Å². The van der Waals surface area contributed by atoms with Crippen molar-refractivity contribution in [3.8, 4) is 17.0 Å². The second kappa shape index (κ2) is 15.4. The van der Waals surface area contributed by atoms with Crippen LogP contribution in [-0.2, 0) is 33.1 Å². The van der Waals surface area contributed by atoms with Crippen LogP contribution in [0.2, 0.25) is 10.0 Å². The van der Waals surface area contributed by atoms with Crippen molar-refractivity contribution in [1.29, 1.82) is 0 Å². The Morgan fingerprint density at radius 1 is 1.04 bits per heavy atom. The van der Waals surface area contributed by atoms with E-state index in [-0.39, 0.29) is 30.0 Å². The number of hydrogen-bond donors (Lipinski definition) is 2. The van der Waals surface area contributed by atoms with E-state index in [0.29, 0.717) is 45.3 Å². The second-order valence-corrected chi connectivity index (χ2v) is 16.5. The maximum atomic E-state index is 15.7. The molecule has 0 saturated heterocycles. The molecule has 1 heterocycles. The second-order valence-electron chi connectivity index (χ2n) is 13.8. The maximum Gasteiger partial charge on any atom is 0.321 e. The zero-order valence-electron chi connectivity index (χ0n) is 29.2. The molecular weight excluding hydrogens is 709 g/mol. The van der Waals surface area contributed by atoms with E-state index < -0.39 is 44.0 Å². The smallest absolute Gasteiger partial charge is 0.321 e. The van der Waals surface area contributed by atoms with E-state index in [4.69, 9.17) is 32.9 Å². The Hall–Kier alpha value is -3.55. The summed E-state index contributed by atoms with van der Waals surface area (Å²) in [4.78, 5) is 19.7. The van der Waals surface area contributed by atoms with Crippen LogP contribution in [0, 0.1) is 11.6 Å². The molecule has 0 fully saturated rings. The molecule has 0 bridgehead atoms. The van der Waals surface area contributed by atoms with E-state index >= 15 is 4.39 Å². The van der Waals surface area contributed by atoms with Crippen LogP contribution in [0.1, 0.15) is 49.8 Å². The fraction of sp³-hybridized carbons (Fsp3) is 0.389. The van der Waals surface area contributed by atoms with Crippen molar-refractivity contribution >= 4 is 39.2 Å². The van der Waals surface area contributed by atoms with E-state index in [1.165, 1.54) is 26.2 Å². The van der Waals surface area contributed by atoms with Crippen LogP contribution >= 0.6 is 23.2 Å². The molecule has 14 heteroatoms. The van der Waals surface area contributed by atoms with Gasteiger partial charge in [-0.2, -0.15) is 4.31 Å². The van der Waals surface area contributed by atoms with Crippen LogP contribution < -0.4 is 4.74 Å². The first-order valence-electron chi connectivity index (χ1n) is 16.0. The number of hydrogen-bond acceptors (Lipinski definition) is 5. The van der Waals surface area contributed by atoms with Gasteiger partial charge < -0.3 is 19.3 Å². The highest BCUT2D eigenvalue weighted by Crippen LogP contribution is 2.40. The molecule has 3 aromatic carbocycles. The number of ether oxygens (including phenoxy) is 1. The van der Waals surface area contributed by atoms with Gasteiger partial charge in [0.05, 0.1) is 56.1 Å². The molecular formula is C36H43Cl2F2N4O5S+. The zero-order valence-corrected chi connectivity index (χ0v) is 31.5. The number of carbonyl (C=O) groups is 1. The number of nitrogens with zero attached hydrogens (tertiary/aromatic N) is 3. The molecule has 9 nitrogen and oxygen atoms in total. The largest absolute Gasteiger partial charge is 0.495 e. The van der Waals surface area contributed by atoms with Crippen molar-refractivity contribution in [2.75, 3.05) is 41.3 Å². The molecule has 0 spiro atoms. The molecule has 0 saturated carbocycles. The van der Waals surface area contributed by atoms with Crippen molar-refractivity contribution < 1.29 is 36.3 Å². The number of imidazole rings is 1. The first kappa shape index (κ1) is 39.2. The predicted octanol–water partition coefficient (Wildman–Crippen LogP) is 7.34. The van der Waals surface area contributed by atoms with Gasteiger partial charge in [0, 0.05) is 41.0 Å². The lowest BCUT2D eigenvalue weighted by Gasteiger charge is -2.28. The molecule has 0 unspecified atom stereocenters. The fourth-order valence-electron chi connectivity index (χ4n) is 5.69. The number of aromatic amines is 1. The number of nitrogens with one attached hydrogen (secondary N) is 1. The van der Waals surface area contributed by atoms with E-state index in [1.54, 1.807) is 18.2 Å². The van der Waals surface area contributed by atoms with E-state index in [2.05, 4.69) is 4.98 Å². The molecule has 1 aromatic heterocycles. The average molecular weight is 753 g/mol. The average Bonchev–Trinajstić information content (AvgIpc) is 3.47. The lowest BCUT2D eigenvalue weighted by molar-refractivity contribution is -0.870. The molecule has 2 N–H and O–H groups in total. The highest BCUT2D eigenvalue weighted by molar-refractivity contribution is 7.89. The van der Waals surface area contributed by atoms with Gasteiger partial charge in [-0.05, 0) is 67.4 Å². The monoisotopic (exact) mass is 751 g/mol. The third-order valence-corrected chi connectivity index (χ3v) is 11.3. The molecule has 0 aliphatic rings. The van der Waals surface area contributed by atoms with Gasteiger partial charge in [0.25, 0.3) is 0 Å². The van der Waals surface area contributed by atoms with Crippen molar-refractivity contribution in [2.24, 2.45) is 0 Å². The number of aliphatic carboxylic acids is 1. The quantitative estimate of drug-likeness (QED) is 0.123. The normalized spacial score (nSPS) is 13.1. The van der Waals surface area contributed by atoms with E-state index in [1.807, 2.05) is 47.1 Å². The van der Waals surface area contributed by atoms with Gasteiger partial charge in [0.15, 0.2) is 0 Å². The fourth-order valence-corrected chi connectivity index (χ4v) is 7.92. The minimum absolute atomic E-state index is 0.0642. The van der Waals surface area contributed by atoms with Crippen LogP contribution in [0.25, 0.3) is 11.3 Å². The zero-order chi connectivity index (χ0) is 37.2. The molecule has 4 aromatic rings. The van der Waals surface area contributed by atoms with Crippen LogP contribution in [0.4, 0.5) is 8.78 Å². The summed E-state index contributed by atoms with van der Waals surface area (Å²) in [5.41, 5.74) is 2.23. The molecule has 0 radical (unpaired) electrons. The van der Waals surface area contributed by atoms with E-state index in [0.717, 1.165) is 27.7 Å². The van der Waals surface area contributed by atoms with E-state index in [9.17, 15) is 22.7 Å². The predicted molar refractivity (Wildman–Crippen MR) is 191 cm³/mol. The van der Waals surface area contributed by atoms with Gasteiger partial charge in [0.1, 0.15) is 29.3 Å². The summed E-state index contributed by atoms with van der Waals surface area (Å²) < 4.78 is 63.8. The first-order valence-corrected chi connectivity index (χ1v) is 18.2. The molecule has 4 rings (SSSR count). The SMILES string of the molecule is COc1cc(C(C)(C)c2[nH]c(CCc3c(F)cc(S(=O)(=O)N(CCC[N+](C)(C)C)[C@H](C)C(=O)O)cc3Cl)nc2-c2ccc(F)cc2)ccc1Cl. The Bertz CT molecular complexity index is 1940. The lowest BCUT2D eigenvalue weighted by Crippen LogP contribution is -2.45. The number of aryl methyl sites for hydroxylation is 1. The van der Waals surface area contributed by atoms with Crippen molar-refractivity contribution in [3.63, 3.8) is 0 Å². The summed E-state index contributed by atoms with van der Waals surface area (Å²) in [6.45, 7) is 5.79. The number of halogens is 4. The molecule has 1 atom stereocenters. The summed E-state index contributed by atoms with van der Waals surface area (Å²) in [5.74, 6) is -1.56. The van der Waals surface area contributed by atoms with Crippen molar-refractivity contribution in [1.82, 2.24) is 14.3 Å². The van der Waals surface area contributed by atoms with Crippen molar-refractivity contribution in [2.45, 2.75) is 56.4 Å². The number of carboxylic acid groups (broad SMARTS) is 1. The van der Waals surface area contributed by atoms with Gasteiger partial charge in [-0.25, -0.2) is 22.2 Å². The molecule has 50 heavy (non-hydrogen) atoms. The third kappa shape index (κ3) is 8.84. The lowest BCUT2D eigenvalue weighted by atomic mass is 9.79.